The molecule has 5 nitrogen and oxygen atoms in total. The highest BCUT2D eigenvalue weighted by Crippen LogP contribution is 2.17. The van der Waals surface area contributed by atoms with Crippen molar-refractivity contribution in [3.63, 3.8) is 0 Å². The third-order valence-electron chi connectivity index (χ3n) is 2.76. The van der Waals surface area contributed by atoms with E-state index in [4.69, 9.17) is 17.3 Å². The minimum Gasteiger partial charge on any atom is -0.366 e. The molecule has 0 aliphatic rings. The summed E-state index contributed by atoms with van der Waals surface area (Å²) in [6.07, 6.45) is 5.44. The molecule has 0 atom stereocenters. The van der Waals surface area contributed by atoms with Gasteiger partial charge in [0, 0.05) is 42.6 Å². The molecule has 19 heavy (non-hydrogen) atoms. The SMILES string of the molecule is NC(=O)c1ccc(CNCCn2ccnc2)c(Cl)c1. The van der Waals surface area contributed by atoms with Gasteiger partial charge in [0.15, 0.2) is 0 Å². The molecule has 0 bridgehead atoms. The molecule has 6 heteroatoms. The molecule has 3 N–H and O–H groups in total. The maximum Gasteiger partial charge on any atom is 0.248 e. The number of amides is 1. The van der Waals surface area contributed by atoms with Crippen molar-refractivity contribution < 1.29 is 4.79 Å². The molecule has 0 radical (unpaired) electrons. The Kier molecular flexibility index (Phi) is 4.54. The molecule has 1 amide bonds. The average Bonchev–Trinajstić information content (AvgIpc) is 2.89. The second-order valence-electron chi connectivity index (χ2n) is 4.15. The highest BCUT2D eigenvalue weighted by Gasteiger charge is 2.05. The summed E-state index contributed by atoms with van der Waals surface area (Å²) < 4.78 is 1.99. The standard InChI is InChI=1S/C13H15ClN4O/c14-12-7-10(13(15)19)1-2-11(12)8-16-3-5-18-6-4-17-9-18/h1-2,4,6-7,9,16H,3,5,8H2,(H2,15,19). The van der Waals surface area contributed by atoms with Crippen molar-refractivity contribution >= 4 is 17.5 Å². The van der Waals surface area contributed by atoms with Gasteiger partial charge in [0.05, 0.1) is 6.33 Å². The predicted molar refractivity (Wildman–Crippen MR) is 73.9 cm³/mol. The van der Waals surface area contributed by atoms with Gasteiger partial charge in [-0.05, 0) is 17.7 Å². The Morgan fingerprint density at radius 2 is 2.32 bits per heavy atom. The molecule has 0 aliphatic heterocycles. The van der Waals surface area contributed by atoms with Crippen LogP contribution in [-0.2, 0) is 13.1 Å². The molecule has 2 aromatic rings. The Labute approximate surface area is 116 Å². The third-order valence-corrected chi connectivity index (χ3v) is 3.11. The van der Waals surface area contributed by atoms with Gasteiger partial charge in [-0.3, -0.25) is 4.79 Å². The molecule has 0 saturated heterocycles. The fourth-order valence-corrected chi connectivity index (χ4v) is 1.94. The van der Waals surface area contributed by atoms with Crippen LogP contribution in [0.5, 0.6) is 0 Å². The summed E-state index contributed by atoms with van der Waals surface area (Å²) in [6, 6.07) is 5.09. The molecule has 0 aliphatic carbocycles. The van der Waals surface area contributed by atoms with E-state index in [1.165, 1.54) is 0 Å². The van der Waals surface area contributed by atoms with Crippen LogP contribution in [0.3, 0.4) is 0 Å². The monoisotopic (exact) mass is 278 g/mol. The first-order valence-corrected chi connectivity index (χ1v) is 6.29. The van der Waals surface area contributed by atoms with Gasteiger partial charge in [-0.25, -0.2) is 4.98 Å². The van der Waals surface area contributed by atoms with Crippen molar-refractivity contribution in [3.05, 3.63) is 53.1 Å². The van der Waals surface area contributed by atoms with Gasteiger partial charge >= 0.3 is 0 Å². The van der Waals surface area contributed by atoms with Crippen molar-refractivity contribution in [2.75, 3.05) is 6.54 Å². The number of nitrogens with two attached hydrogens (primary N) is 1. The van der Waals surface area contributed by atoms with E-state index < -0.39 is 5.91 Å². The zero-order chi connectivity index (χ0) is 13.7. The van der Waals surface area contributed by atoms with Gasteiger partial charge in [0.25, 0.3) is 0 Å². The minimum atomic E-state index is -0.471. The lowest BCUT2D eigenvalue weighted by Crippen LogP contribution is -2.19. The number of carbonyl (C=O) groups excluding carboxylic acids is 1. The Morgan fingerprint density at radius 3 is 2.95 bits per heavy atom. The number of rotatable bonds is 6. The lowest BCUT2D eigenvalue weighted by atomic mass is 10.1. The third kappa shape index (κ3) is 3.81. The molecule has 0 spiro atoms. The average molecular weight is 279 g/mol. The molecule has 2 rings (SSSR count). The Hall–Kier alpha value is -1.85. The number of imidazole rings is 1. The van der Waals surface area contributed by atoms with Gasteiger partial charge < -0.3 is 15.6 Å². The number of benzene rings is 1. The first-order valence-electron chi connectivity index (χ1n) is 5.91. The summed E-state index contributed by atoms with van der Waals surface area (Å²) in [5.74, 6) is -0.471. The van der Waals surface area contributed by atoms with E-state index >= 15 is 0 Å². The van der Waals surface area contributed by atoms with Crippen LogP contribution in [0.2, 0.25) is 5.02 Å². The van der Waals surface area contributed by atoms with E-state index in [1.807, 2.05) is 16.8 Å². The fourth-order valence-electron chi connectivity index (χ4n) is 1.69. The number of halogens is 1. The van der Waals surface area contributed by atoms with Gasteiger partial charge in [0.2, 0.25) is 5.91 Å². The highest BCUT2D eigenvalue weighted by molar-refractivity contribution is 6.31. The van der Waals surface area contributed by atoms with Crippen LogP contribution in [-0.4, -0.2) is 22.0 Å². The number of hydrogen-bond acceptors (Lipinski definition) is 3. The van der Waals surface area contributed by atoms with Gasteiger partial charge in [-0.2, -0.15) is 0 Å². The number of primary amides is 1. The second kappa shape index (κ2) is 6.36. The van der Waals surface area contributed by atoms with Gasteiger partial charge in [-0.1, -0.05) is 17.7 Å². The molecule has 1 heterocycles. The second-order valence-corrected chi connectivity index (χ2v) is 4.55. The summed E-state index contributed by atoms with van der Waals surface area (Å²) >= 11 is 6.09. The zero-order valence-electron chi connectivity index (χ0n) is 10.3. The van der Waals surface area contributed by atoms with E-state index in [0.29, 0.717) is 17.1 Å². The first-order chi connectivity index (χ1) is 9.16. The van der Waals surface area contributed by atoms with Crippen LogP contribution < -0.4 is 11.1 Å². The van der Waals surface area contributed by atoms with E-state index in [0.717, 1.165) is 18.7 Å². The maximum atomic E-state index is 11.0. The molecule has 100 valence electrons. The minimum absolute atomic E-state index is 0.423. The fraction of sp³-hybridized carbons (Fsp3) is 0.231. The van der Waals surface area contributed by atoms with Crippen molar-refractivity contribution in [3.8, 4) is 0 Å². The van der Waals surface area contributed by atoms with Crippen LogP contribution in [0.25, 0.3) is 0 Å². The summed E-state index contributed by atoms with van der Waals surface area (Å²) in [7, 11) is 0. The molecular formula is C13H15ClN4O. The lowest BCUT2D eigenvalue weighted by molar-refractivity contribution is 0.100. The lowest BCUT2D eigenvalue weighted by Gasteiger charge is -2.08. The number of nitrogens with one attached hydrogen (secondary N) is 1. The number of carbonyl (C=O) groups is 1. The Balaban J connectivity index is 1.84. The number of hydrogen-bond donors (Lipinski definition) is 2. The highest BCUT2D eigenvalue weighted by atomic mass is 35.5. The van der Waals surface area contributed by atoms with Gasteiger partial charge in [0.1, 0.15) is 0 Å². The molecule has 0 unspecified atom stereocenters. The Morgan fingerprint density at radius 1 is 1.47 bits per heavy atom. The molecular weight excluding hydrogens is 264 g/mol. The number of nitrogens with zero attached hydrogens (tertiary/aromatic N) is 2. The molecule has 0 saturated carbocycles. The zero-order valence-corrected chi connectivity index (χ0v) is 11.1. The molecule has 1 aromatic carbocycles. The summed E-state index contributed by atoms with van der Waals surface area (Å²) in [5.41, 5.74) is 6.55. The van der Waals surface area contributed by atoms with Crippen LogP contribution >= 0.6 is 11.6 Å². The Bertz CT molecular complexity index is 554. The largest absolute Gasteiger partial charge is 0.366 e. The normalized spacial score (nSPS) is 10.6. The van der Waals surface area contributed by atoms with Crippen LogP contribution in [0.4, 0.5) is 0 Å². The van der Waals surface area contributed by atoms with Crippen LogP contribution in [0.15, 0.2) is 36.9 Å². The van der Waals surface area contributed by atoms with E-state index in [9.17, 15) is 4.79 Å². The van der Waals surface area contributed by atoms with Crippen molar-refractivity contribution in [2.24, 2.45) is 5.73 Å². The van der Waals surface area contributed by atoms with Crippen molar-refractivity contribution in [1.82, 2.24) is 14.9 Å². The van der Waals surface area contributed by atoms with Crippen molar-refractivity contribution in [1.29, 1.82) is 0 Å². The summed E-state index contributed by atoms with van der Waals surface area (Å²) in [6.45, 7) is 2.30. The van der Waals surface area contributed by atoms with Gasteiger partial charge in [-0.15, -0.1) is 0 Å². The molecule has 1 aromatic heterocycles. The predicted octanol–water partition coefficient (Wildman–Crippen LogP) is 1.43. The smallest absolute Gasteiger partial charge is 0.248 e. The van der Waals surface area contributed by atoms with Crippen LogP contribution in [0, 0.1) is 0 Å². The van der Waals surface area contributed by atoms with E-state index in [-0.39, 0.29) is 0 Å². The van der Waals surface area contributed by atoms with Crippen molar-refractivity contribution in [2.45, 2.75) is 13.1 Å². The van der Waals surface area contributed by atoms with E-state index in [1.54, 1.807) is 24.7 Å². The molecule has 0 fully saturated rings. The number of aromatic nitrogens is 2. The first kappa shape index (κ1) is 13.6. The van der Waals surface area contributed by atoms with E-state index in [2.05, 4.69) is 10.3 Å². The summed E-state index contributed by atoms with van der Waals surface area (Å²) in [5, 5.41) is 3.83. The topological polar surface area (TPSA) is 72.9 Å². The summed E-state index contributed by atoms with van der Waals surface area (Å²) in [4.78, 5) is 15.0. The maximum absolute atomic E-state index is 11.0. The van der Waals surface area contributed by atoms with Crippen LogP contribution in [0.1, 0.15) is 15.9 Å². The quantitative estimate of drug-likeness (QED) is 0.785.